The summed E-state index contributed by atoms with van der Waals surface area (Å²) in [4.78, 5) is 22.7. The maximum Gasteiger partial charge on any atom is 0.260 e. The maximum absolute atomic E-state index is 15.8. The van der Waals surface area contributed by atoms with Gasteiger partial charge in [-0.3, -0.25) is 14.1 Å². The van der Waals surface area contributed by atoms with E-state index < -0.39 is 38.7 Å². The van der Waals surface area contributed by atoms with Crippen molar-refractivity contribution < 1.29 is 17.2 Å². The third-order valence-corrected chi connectivity index (χ3v) is 7.99. The van der Waals surface area contributed by atoms with Gasteiger partial charge in [-0.15, -0.1) is 0 Å². The molecule has 0 aliphatic carbocycles. The Morgan fingerprint density at radius 1 is 1.12 bits per heavy atom. The lowest BCUT2D eigenvalue weighted by Gasteiger charge is -2.24. The van der Waals surface area contributed by atoms with Crippen LogP contribution in [-0.4, -0.2) is 42.1 Å². The summed E-state index contributed by atoms with van der Waals surface area (Å²) in [5, 5.41) is 7.10. The van der Waals surface area contributed by atoms with E-state index in [1.54, 1.807) is 50.4 Å². The highest BCUT2D eigenvalue weighted by atomic mass is 32.2. The highest BCUT2D eigenvalue weighted by Crippen LogP contribution is 2.31. The Bertz CT molecular complexity index is 1710. The van der Waals surface area contributed by atoms with Gasteiger partial charge in [-0.25, -0.2) is 22.2 Å². The molecule has 0 radical (unpaired) electrons. The van der Waals surface area contributed by atoms with Crippen LogP contribution in [0.15, 0.2) is 59.5 Å². The van der Waals surface area contributed by atoms with Crippen LogP contribution in [0.3, 0.4) is 0 Å². The fraction of sp³-hybridized carbons (Fsp3) is 0.321. The third-order valence-electron chi connectivity index (χ3n) is 6.76. The normalized spacial score (nSPS) is 15.9. The summed E-state index contributed by atoms with van der Waals surface area (Å²) in [7, 11) is -4.16. The highest BCUT2D eigenvalue weighted by molar-refractivity contribution is 7.91. The van der Waals surface area contributed by atoms with Gasteiger partial charge in [0.15, 0.2) is 5.82 Å². The Morgan fingerprint density at radius 2 is 1.90 bits per heavy atom. The van der Waals surface area contributed by atoms with Crippen LogP contribution in [0.1, 0.15) is 38.3 Å². The SMILES string of the molecule is CC(C)n1c(=O)c(-c2ccc(F)c(NS(=O)(=O)Cc3ccccc3)c2F)cc2cnc(N[C@H]3CCCNC3)nc21. The number of nitrogens with zero attached hydrogens (tertiary/aromatic N) is 3. The first-order chi connectivity index (χ1) is 19.1. The zero-order chi connectivity index (χ0) is 28.4. The van der Waals surface area contributed by atoms with E-state index in [1.807, 2.05) is 4.72 Å². The number of benzene rings is 2. The van der Waals surface area contributed by atoms with Gasteiger partial charge in [-0.1, -0.05) is 30.3 Å². The summed E-state index contributed by atoms with van der Waals surface area (Å²) in [6.45, 7) is 5.34. The molecular weight excluding hydrogens is 538 g/mol. The van der Waals surface area contributed by atoms with E-state index in [-0.39, 0.29) is 23.2 Å². The molecule has 1 aliphatic rings. The summed E-state index contributed by atoms with van der Waals surface area (Å²) in [6.07, 6.45) is 3.54. The molecule has 12 heteroatoms. The summed E-state index contributed by atoms with van der Waals surface area (Å²) >= 11 is 0. The van der Waals surface area contributed by atoms with E-state index in [9.17, 15) is 17.6 Å². The van der Waals surface area contributed by atoms with Gasteiger partial charge in [0.2, 0.25) is 16.0 Å². The van der Waals surface area contributed by atoms with Crippen molar-refractivity contribution in [2.24, 2.45) is 0 Å². The van der Waals surface area contributed by atoms with E-state index in [2.05, 4.69) is 20.6 Å². The minimum absolute atomic E-state index is 0.0667. The van der Waals surface area contributed by atoms with E-state index in [4.69, 9.17) is 0 Å². The second-order valence-electron chi connectivity index (χ2n) is 10.1. The van der Waals surface area contributed by atoms with E-state index in [1.165, 1.54) is 10.6 Å². The summed E-state index contributed by atoms with van der Waals surface area (Å²) < 4.78 is 59.4. The highest BCUT2D eigenvalue weighted by Gasteiger charge is 2.24. The molecule has 0 spiro atoms. The number of aromatic nitrogens is 3. The van der Waals surface area contributed by atoms with E-state index in [0.29, 0.717) is 22.5 Å². The molecule has 1 atom stereocenters. The largest absolute Gasteiger partial charge is 0.350 e. The molecular formula is C28H30F2N6O3S. The Morgan fingerprint density at radius 3 is 2.60 bits per heavy atom. The molecule has 9 nitrogen and oxygen atoms in total. The second-order valence-corrected chi connectivity index (χ2v) is 11.8. The van der Waals surface area contributed by atoms with E-state index >= 15 is 4.39 Å². The number of anilines is 2. The Balaban J connectivity index is 1.55. The van der Waals surface area contributed by atoms with Crippen LogP contribution < -0.4 is 20.9 Å². The molecule has 2 aromatic carbocycles. The van der Waals surface area contributed by atoms with Gasteiger partial charge in [0, 0.05) is 35.8 Å². The molecule has 3 N–H and O–H groups in total. The second kappa shape index (κ2) is 11.3. The Hall–Kier alpha value is -3.90. The number of fused-ring (bicyclic) bond motifs is 1. The molecule has 2 aromatic heterocycles. The van der Waals surface area contributed by atoms with Crippen LogP contribution in [0.5, 0.6) is 0 Å². The fourth-order valence-corrected chi connectivity index (χ4v) is 6.06. The molecule has 4 aromatic rings. The lowest BCUT2D eigenvalue weighted by atomic mass is 10.0. The molecule has 0 unspecified atom stereocenters. The van der Waals surface area contributed by atoms with Crippen LogP contribution >= 0.6 is 0 Å². The predicted molar refractivity (Wildman–Crippen MR) is 152 cm³/mol. The molecule has 0 amide bonds. The van der Waals surface area contributed by atoms with Gasteiger partial charge in [-0.05, 0) is 57.0 Å². The average Bonchev–Trinajstić information content (AvgIpc) is 2.92. The standard InChI is InChI=1S/C28H30F2N6O3S/c1-17(2)36-26-19(14-32-28(34-26)33-20-9-6-12-31-15-20)13-22(27(36)37)21-10-11-23(29)25(24(21)30)35-40(38,39)16-18-7-4-3-5-8-18/h3-5,7-8,10-11,13-14,17,20,31,35H,6,9,12,15-16H2,1-2H3,(H,32,33,34)/t20-/m0/s1. The number of hydrogen-bond donors (Lipinski definition) is 3. The topological polar surface area (TPSA) is 118 Å². The van der Waals surface area contributed by atoms with E-state index in [0.717, 1.165) is 38.1 Å². The van der Waals surface area contributed by atoms with Crippen molar-refractivity contribution in [3.8, 4) is 11.1 Å². The van der Waals surface area contributed by atoms with Crippen molar-refractivity contribution in [3.63, 3.8) is 0 Å². The van der Waals surface area contributed by atoms with Crippen molar-refractivity contribution in [2.45, 2.75) is 44.5 Å². The van der Waals surface area contributed by atoms with Gasteiger partial charge in [0.05, 0.1) is 11.3 Å². The monoisotopic (exact) mass is 568 g/mol. The number of sulfonamides is 1. The summed E-state index contributed by atoms with van der Waals surface area (Å²) in [5.41, 5.74) is -0.874. The average molecular weight is 569 g/mol. The zero-order valence-electron chi connectivity index (χ0n) is 22.1. The van der Waals surface area contributed by atoms with Crippen LogP contribution in [0.2, 0.25) is 0 Å². The van der Waals surface area contributed by atoms with Crippen molar-refractivity contribution in [2.75, 3.05) is 23.1 Å². The molecule has 1 fully saturated rings. The molecule has 1 aliphatic heterocycles. The molecule has 3 heterocycles. The van der Waals surface area contributed by atoms with Gasteiger partial charge in [-0.2, -0.15) is 4.98 Å². The minimum atomic E-state index is -4.16. The van der Waals surface area contributed by atoms with Crippen LogP contribution in [0, 0.1) is 11.6 Å². The quantitative estimate of drug-likeness (QED) is 0.288. The molecule has 0 bridgehead atoms. The smallest absolute Gasteiger partial charge is 0.260 e. The van der Waals surface area contributed by atoms with Crippen LogP contribution in [0.4, 0.5) is 20.4 Å². The number of piperidine rings is 1. The number of hydrogen-bond acceptors (Lipinski definition) is 7. The molecule has 210 valence electrons. The van der Waals surface area contributed by atoms with Crippen LogP contribution in [0.25, 0.3) is 22.2 Å². The Kier molecular flexibility index (Phi) is 7.81. The first kappa shape index (κ1) is 27.7. The van der Waals surface area contributed by atoms with Crippen molar-refractivity contribution >= 4 is 32.7 Å². The number of nitrogens with one attached hydrogen (secondary N) is 3. The Labute approximate surface area is 230 Å². The molecule has 40 heavy (non-hydrogen) atoms. The molecule has 1 saturated heterocycles. The number of pyridine rings is 1. The first-order valence-corrected chi connectivity index (χ1v) is 14.7. The van der Waals surface area contributed by atoms with Gasteiger partial charge < -0.3 is 10.6 Å². The lowest BCUT2D eigenvalue weighted by Crippen LogP contribution is -2.38. The fourth-order valence-electron chi connectivity index (χ4n) is 4.86. The van der Waals surface area contributed by atoms with Crippen molar-refractivity contribution in [1.82, 2.24) is 19.9 Å². The predicted octanol–water partition coefficient (Wildman–Crippen LogP) is 4.42. The van der Waals surface area contributed by atoms with Gasteiger partial charge in [0.1, 0.15) is 17.2 Å². The van der Waals surface area contributed by atoms with Crippen molar-refractivity contribution in [1.29, 1.82) is 0 Å². The number of halogens is 2. The lowest BCUT2D eigenvalue weighted by molar-refractivity contribution is 0.478. The maximum atomic E-state index is 15.8. The van der Waals surface area contributed by atoms with Crippen molar-refractivity contribution in [3.05, 3.63) is 82.3 Å². The van der Waals surface area contributed by atoms with Gasteiger partial charge >= 0.3 is 0 Å². The van der Waals surface area contributed by atoms with Crippen LogP contribution in [-0.2, 0) is 15.8 Å². The number of rotatable bonds is 8. The summed E-state index contributed by atoms with van der Waals surface area (Å²) in [5.74, 6) is -2.38. The third kappa shape index (κ3) is 5.82. The first-order valence-electron chi connectivity index (χ1n) is 13.1. The van der Waals surface area contributed by atoms with Gasteiger partial charge in [0.25, 0.3) is 5.56 Å². The zero-order valence-corrected chi connectivity index (χ0v) is 22.9. The summed E-state index contributed by atoms with van der Waals surface area (Å²) in [6, 6.07) is 11.6. The molecule has 5 rings (SSSR count). The molecule has 0 saturated carbocycles. The minimum Gasteiger partial charge on any atom is -0.350 e.